The van der Waals surface area contributed by atoms with Crippen molar-refractivity contribution in [3.63, 3.8) is 0 Å². The van der Waals surface area contributed by atoms with Crippen LogP contribution in [-0.2, 0) is 19.5 Å². The summed E-state index contributed by atoms with van der Waals surface area (Å²) in [7, 11) is 0. The zero-order valence-corrected chi connectivity index (χ0v) is 16.3. The molecule has 0 radical (unpaired) electrons. The van der Waals surface area contributed by atoms with Crippen LogP contribution in [0.3, 0.4) is 0 Å². The lowest BCUT2D eigenvalue weighted by Gasteiger charge is -2.16. The molecule has 2 heterocycles. The molecule has 0 spiro atoms. The first kappa shape index (κ1) is 18.4. The van der Waals surface area contributed by atoms with Gasteiger partial charge < -0.3 is 10.6 Å². The molecule has 1 aliphatic rings. The molecule has 1 amide bonds. The summed E-state index contributed by atoms with van der Waals surface area (Å²) in [6.45, 7) is 3.43. The number of benzene rings is 2. The minimum absolute atomic E-state index is 0.0848. The van der Waals surface area contributed by atoms with Crippen LogP contribution in [0.1, 0.15) is 59.8 Å². The SMILES string of the molecule is CCCCCCc1ccc2nc(N)nc(C(=O)N3Cc4ccccc4C3)c2c1. The Bertz CT molecular complexity index is 990. The maximum atomic E-state index is 13.3. The Morgan fingerprint density at radius 1 is 1.04 bits per heavy atom. The lowest BCUT2D eigenvalue weighted by molar-refractivity contribution is 0.0747. The fraction of sp³-hybridized carbons (Fsp3) is 0.348. The van der Waals surface area contributed by atoms with E-state index in [1.165, 1.54) is 36.0 Å². The quantitative estimate of drug-likeness (QED) is 0.645. The van der Waals surface area contributed by atoms with Crippen LogP contribution >= 0.6 is 0 Å². The Hall–Kier alpha value is -2.95. The monoisotopic (exact) mass is 374 g/mol. The van der Waals surface area contributed by atoms with Crippen molar-refractivity contribution in [2.45, 2.75) is 52.1 Å². The van der Waals surface area contributed by atoms with E-state index >= 15 is 0 Å². The highest BCUT2D eigenvalue weighted by Gasteiger charge is 2.26. The smallest absolute Gasteiger partial charge is 0.273 e. The number of hydrogen-bond donors (Lipinski definition) is 1. The number of amides is 1. The molecular formula is C23H26N4O. The summed E-state index contributed by atoms with van der Waals surface area (Å²) < 4.78 is 0. The largest absolute Gasteiger partial charge is 0.368 e. The molecule has 2 N–H and O–H groups in total. The number of unbranched alkanes of at least 4 members (excludes halogenated alkanes) is 3. The maximum absolute atomic E-state index is 13.3. The third-order valence-corrected chi connectivity index (χ3v) is 5.43. The van der Waals surface area contributed by atoms with Crippen LogP contribution in [0.25, 0.3) is 10.9 Å². The number of fused-ring (bicyclic) bond motifs is 2. The molecule has 0 bridgehead atoms. The number of rotatable bonds is 6. The minimum Gasteiger partial charge on any atom is -0.368 e. The van der Waals surface area contributed by atoms with E-state index in [0.29, 0.717) is 18.8 Å². The second-order valence-electron chi connectivity index (χ2n) is 7.52. The van der Waals surface area contributed by atoms with Gasteiger partial charge in [0.1, 0.15) is 5.69 Å². The van der Waals surface area contributed by atoms with Gasteiger partial charge in [-0.05, 0) is 41.7 Å². The predicted molar refractivity (Wildman–Crippen MR) is 112 cm³/mol. The molecule has 144 valence electrons. The molecule has 1 aromatic heterocycles. The van der Waals surface area contributed by atoms with Crippen LogP contribution in [0.4, 0.5) is 5.95 Å². The minimum atomic E-state index is -0.0848. The molecule has 0 aliphatic carbocycles. The molecule has 2 aromatic carbocycles. The molecule has 4 rings (SSSR count). The molecule has 3 aromatic rings. The highest BCUT2D eigenvalue weighted by molar-refractivity contribution is 6.05. The van der Waals surface area contributed by atoms with Gasteiger partial charge >= 0.3 is 0 Å². The average molecular weight is 374 g/mol. The van der Waals surface area contributed by atoms with E-state index in [2.05, 4.69) is 41.2 Å². The van der Waals surface area contributed by atoms with E-state index in [1.807, 2.05) is 23.1 Å². The summed E-state index contributed by atoms with van der Waals surface area (Å²) in [6.07, 6.45) is 5.86. The molecule has 0 unspecified atom stereocenters. The highest BCUT2D eigenvalue weighted by atomic mass is 16.2. The van der Waals surface area contributed by atoms with Gasteiger partial charge in [0.15, 0.2) is 0 Å². The molecule has 0 atom stereocenters. The normalized spacial score (nSPS) is 13.1. The van der Waals surface area contributed by atoms with Crippen molar-refractivity contribution >= 4 is 22.8 Å². The van der Waals surface area contributed by atoms with Crippen molar-refractivity contribution in [3.8, 4) is 0 Å². The number of aryl methyl sites for hydroxylation is 1. The highest BCUT2D eigenvalue weighted by Crippen LogP contribution is 2.27. The number of nitrogens with zero attached hydrogens (tertiary/aromatic N) is 3. The second kappa shape index (κ2) is 7.97. The summed E-state index contributed by atoms with van der Waals surface area (Å²) in [5.41, 5.74) is 10.6. The molecule has 28 heavy (non-hydrogen) atoms. The van der Waals surface area contributed by atoms with Crippen molar-refractivity contribution in [2.75, 3.05) is 5.73 Å². The molecule has 5 nitrogen and oxygen atoms in total. The Labute approximate surface area is 165 Å². The van der Waals surface area contributed by atoms with Gasteiger partial charge in [-0.25, -0.2) is 9.97 Å². The molecule has 5 heteroatoms. The van der Waals surface area contributed by atoms with Crippen molar-refractivity contribution in [1.29, 1.82) is 0 Å². The molecule has 0 saturated carbocycles. The number of hydrogen-bond acceptors (Lipinski definition) is 4. The second-order valence-corrected chi connectivity index (χ2v) is 7.52. The maximum Gasteiger partial charge on any atom is 0.273 e. The number of aromatic nitrogens is 2. The van der Waals surface area contributed by atoms with Gasteiger partial charge in [0, 0.05) is 18.5 Å². The number of nitrogens with two attached hydrogens (primary N) is 1. The van der Waals surface area contributed by atoms with Crippen LogP contribution in [0, 0.1) is 0 Å². The van der Waals surface area contributed by atoms with E-state index < -0.39 is 0 Å². The number of carbonyl (C=O) groups excluding carboxylic acids is 1. The number of anilines is 1. The van der Waals surface area contributed by atoms with E-state index in [0.717, 1.165) is 23.7 Å². The third kappa shape index (κ3) is 3.70. The van der Waals surface area contributed by atoms with Gasteiger partial charge in [-0.3, -0.25) is 4.79 Å². The van der Waals surface area contributed by atoms with Gasteiger partial charge in [0.25, 0.3) is 5.91 Å². The van der Waals surface area contributed by atoms with Gasteiger partial charge in [-0.15, -0.1) is 0 Å². The summed E-state index contributed by atoms with van der Waals surface area (Å²) in [5.74, 6) is 0.0571. The first-order valence-corrected chi connectivity index (χ1v) is 10.1. The van der Waals surface area contributed by atoms with Gasteiger partial charge in [-0.1, -0.05) is 56.5 Å². The van der Waals surface area contributed by atoms with E-state index in [-0.39, 0.29) is 11.9 Å². The Kier molecular flexibility index (Phi) is 5.24. The summed E-state index contributed by atoms with van der Waals surface area (Å²) in [4.78, 5) is 23.8. The summed E-state index contributed by atoms with van der Waals surface area (Å²) in [6, 6.07) is 14.3. The fourth-order valence-electron chi connectivity index (χ4n) is 3.89. The molecule has 1 aliphatic heterocycles. The van der Waals surface area contributed by atoms with Crippen molar-refractivity contribution < 1.29 is 4.79 Å². The van der Waals surface area contributed by atoms with Crippen molar-refractivity contribution in [1.82, 2.24) is 14.9 Å². The summed E-state index contributed by atoms with van der Waals surface area (Å²) >= 11 is 0. The zero-order chi connectivity index (χ0) is 19.5. The number of carbonyl (C=O) groups is 1. The van der Waals surface area contributed by atoms with Crippen molar-refractivity contribution in [3.05, 3.63) is 64.8 Å². The summed E-state index contributed by atoms with van der Waals surface area (Å²) in [5, 5.41) is 0.795. The lowest BCUT2D eigenvalue weighted by atomic mass is 10.0. The van der Waals surface area contributed by atoms with Crippen molar-refractivity contribution in [2.24, 2.45) is 0 Å². The predicted octanol–water partition coefficient (Wildman–Crippen LogP) is 4.49. The van der Waals surface area contributed by atoms with Crippen LogP contribution in [0.2, 0.25) is 0 Å². The third-order valence-electron chi connectivity index (χ3n) is 5.43. The van der Waals surface area contributed by atoms with Crippen LogP contribution in [0.15, 0.2) is 42.5 Å². The van der Waals surface area contributed by atoms with Gasteiger partial charge in [0.05, 0.1) is 5.52 Å². The van der Waals surface area contributed by atoms with E-state index in [4.69, 9.17) is 5.73 Å². The number of nitrogen functional groups attached to an aromatic ring is 1. The molecule has 0 saturated heterocycles. The Morgan fingerprint density at radius 2 is 1.79 bits per heavy atom. The van der Waals surface area contributed by atoms with Gasteiger partial charge in [-0.2, -0.15) is 0 Å². The molecular weight excluding hydrogens is 348 g/mol. The zero-order valence-electron chi connectivity index (χ0n) is 16.3. The van der Waals surface area contributed by atoms with Crippen LogP contribution in [0.5, 0.6) is 0 Å². The lowest BCUT2D eigenvalue weighted by Crippen LogP contribution is -2.27. The van der Waals surface area contributed by atoms with Crippen LogP contribution in [-0.4, -0.2) is 20.8 Å². The van der Waals surface area contributed by atoms with E-state index in [1.54, 1.807) is 0 Å². The topological polar surface area (TPSA) is 72.1 Å². The Morgan fingerprint density at radius 3 is 2.50 bits per heavy atom. The van der Waals surface area contributed by atoms with Crippen LogP contribution < -0.4 is 5.73 Å². The molecule has 0 fully saturated rings. The first-order chi connectivity index (χ1) is 13.7. The standard InChI is InChI=1S/C23H26N4O/c1-2-3-4-5-8-16-11-12-20-19(13-16)21(26-23(24)25-20)22(28)27-14-17-9-6-7-10-18(17)15-27/h6-7,9-13H,2-5,8,14-15H2,1H3,(H2,24,25,26). The fourth-order valence-corrected chi connectivity index (χ4v) is 3.89. The van der Waals surface area contributed by atoms with Gasteiger partial charge in [0.2, 0.25) is 5.95 Å². The Balaban J connectivity index is 1.63. The average Bonchev–Trinajstić information content (AvgIpc) is 3.14. The first-order valence-electron chi connectivity index (χ1n) is 10.1. The van der Waals surface area contributed by atoms with E-state index in [9.17, 15) is 4.79 Å².